The van der Waals surface area contributed by atoms with E-state index in [9.17, 15) is 4.79 Å². The molecule has 1 N–H and O–H groups in total. The van der Waals surface area contributed by atoms with Gasteiger partial charge in [0.2, 0.25) is 0 Å². The van der Waals surface area contributed by atoms with Gasteiger partial charge in [-0.1, -0.05) is 12.1 Å². The van der Waals surface area contributed by atoms with Crippen LogP contribution in [0.15, 0.2) is 42.6 Å². The number of anilines is 2. The van der Waals surface area contributed by atoms with Crippen LogP contribution in [0.2, 0.25) is 0 Å². The molecule has 21 heavy (non-hydrogen) atoms. The summed E-state index contributed by atoms with van der Waals surface area (Å²) < 4.78 is 5.70. The molecule has 0 radical (unpaired) electrons. The van der Waals surface area contributed by atoms with Crippen molar-refractivity contribution in [1.29, 1.82) is 0 Å². The lowest BCUT2D eigenvalue weighted by atomic mass is 10.2. The lowest BCUT2D eigenvalue weighted by Gasteiger charge is -2.22. The Bertz CT molecular complexity index is 657. The molecule has 0 spiro atoms. The maximum Gasteiger partial charge on any atom is 0.262 e. The molecule has 5 heteroatoms. The van der Waals surface area contributed by atoms with E-state index >= 15 is 0 Å². The molecule has 108 valence electrons. The number of fused-ring (bicyclic) bond motifs is 1. The van der Waals surface area contributed by atoms with Gasteiger partial charge in [0.1, 0.15) is 11.6 Å². The molecule has 0 atom stereocenters. The Kier molecular flexibility index (Phi) is 3.73. The van der Waals surface area contributed by atoms with Crippen LogP contribution in [0.3, 0.4) is 0 Å². The summed E-state index contributed by atoms with van der Waals surface area (Å²) in [6.07, 6.45) is 2.47. The van der Waals surface area contributed by atoms with E-state index in [-0.39, 0.29) is 5.91 Å². The molecule has 1 aromatic carbocycles. The Morgan fingerprint density at radius 2 is 2.14 bits per heavy atom. The molecule has 1 aliphatic rings. The number of ether oxygens (including phenoxy) is 1. The highest BCUT2D eigenvalue weighted by molar-refractivity contribution is 6.09. The van der Waals surface area contributed by atoms with Crippen molar-refractivity contribution in [2.45, 2.75) is 6.42 Å². The topological polar surface area (TPSA) is 54.5 Å². The second-order valence-corrected chi connectivity index (χ2v) is 4.78. The first-order chi connectivity index (χ1) is 10.3. The maximum absolute atomic E-state index is 12.9. The van der Waals surface area contributed by atoms with Crippen LogP contribution in [0.1, 0.15) is 16.8 Å². The standard InChI is InChI=1S/C16H17N3O2/c1-17-15-12(6-4-9-18-15)16(20)19-10-5-11-21-14-8-3-2-7-13(14)19/h2-4,6-9H,5,10-11H2,1H3,(H,17,18). The smallest absolute Gasteiger partial charge is 0.262 e. The predicted octanol–water partition coefficient (Wildman–Crippen LogP) is 2.55. The predicted molar refractivity (Wildman–Crippen MR) is 82.0 cm³/mol. The number of carbonyl (C=O) groups excluding carboxylic acids is 1. The first-order valence-electron chi connectivity index (χ1n) is 6.97. The summed E-state index contributed by atoms with van der Waals surface area (Å²) in [6, 6.07) is 11.2. The quantitative estimate of drug-likeness (QED) is 0.920. The highest BCUT2D eigenvalue weighted by atomic mass is 16.5. The van der Waals surface area contributed by atoms with Gasteiger partial charge in [0, 0.05) is 19.8 Å². The fourth-order valence-electron chi connectivity index (χ4n) is 2.46. The van der Waals surface area contributed by atoms with Crippen molar-refractivity contribution in [3.05, 3.63) is 48.2 Å². The first kappa shape index (κ1) is 13.4. The minimum Gasteiger partial charge on any atom is -0.491 e. The van der Waals surface area contributed by atoms with Crippen LogP contribution >= 0.6 is 0 Å². The summed E-state index contributed by atoms with van der Waals surface area (Å²) in [5.74, 6) is 1.27. The third-order valence-electron chi connectivity index (χ3n) is 3.46. The number of benzene rings is 1. The Morgan fingerprint density at radius 1 is 1.29 bits per heavy atom. The van der Waals surface area contributed by atoms with Crippen molar-refractivity contribution in [3.63, 3.8) is 0 Å². The van der Waals surface area contributed by atoms with Crippen LogP contribution in [0, 0.1) is 0 Å². The molecule has 5 nitrogen and oxygen atoms in total. The Labute approximate surface area is 123 Å². The summed E-state index contributed by atoms with van der Waals surface area (Å²) in [4.78, 5) is 18.9. The highest BCUT2D eigenvalue weighted by Gasteiger charge is 2.24. The number of hydrogen-bond donors (Lipinski definition) is 1. The fraction of sp³-hybridized carbons (Fsp3) is 0.250. The minimum absolute atomic E-state index is 0.0644. The largest absolute Gasteiger partial charge is 0.491 e. The van der Waals surface area contributed by atoms with E-state index in [0.717, 1.165) is 17.9 Å². The van der Waals surface area contributed by atoms with Crippen molar-refractivity contribution < 1.29 is 9.53 Å². The second kappa shape index (κ2) is 5.83. The van der Waals surface area contributed by atoms with Gasteiger partial charge in [-0.2, -0.15) is 0 Å². The number of para-hydroxylation sites is 2. The van der Waals surface area contributed by atoms with Gasteiger partial charge in [-0.05, 0) is 30.7 Å². The molecule has 0 saturated carbocycles. The molecule has 1 aliphatic heterocycles. The third kappa shape index (κ3) is 2.54. The summed E-state index contributed by atoms with van der Waals surface area (Å²) >= 11 is 0. The summed E-state index contributed by atoms with van der Waals surface area (Å²) in [5.41, 5.74) is 1.38. The highest BCUT2D eigenvalue weighted by Crippen LogP contribution is 2.32. The van der Waals surface area contributed by atoms with E-state index in [0.29, 0.717) is 24.5 Å². The number of nitrogens with one attached hydrogen (secondary N) is 1. The van der Waals surface area contributed by atoms with Crippen LogP contribution in [-0.2, 0) is 0 Å². The lowest BCUT2D eigenvalue weighted by molar-refractivity contribution is 0.0987. The number of aromatic nitrogens is 1. The Hall–Kier alpha value is -2.56. The molecule has 2 aromatic rings. The van der Waals surface area contributed by atoms with Gasteiger partial charge in [0.05, 0.1) is 17.9 Å². The van der Waals surface area contributed by atoms with Crippen molar-refractivity contribution in [3.8, 4) is 5.75 Å². The van der Waals surface area contributed by atoms with E-state index in [1.54, 1.807) is 30.3 Å². The summed E-state index contributed by atoms with van der Waals surface area (Å²) in [6.45, 7) is 1.25. The molecule has 0 saturated heterocycles. The third-order valence-corrected chi connectivity index (χ3v) is 3.46. The van der Waals surface area contributed by atoms with Gasteiger partial charge in [-0.15, -0.1) is 0 Å². The SMILES string of the molecule is CNc1ncccc1C(=O)N1CCCOc2ccccc21. The van der Waals surface area contributed by atoms with Crippen molar-refractivity contribution in [2.24, 2.45) is 0 Å². The molecule has 2 heterocycles. The van der Waals surface area contributed by atoms with Crippen LogP contribution in [0.4, 0.5) is 11.5 Å². The average Bonchev–Trinajstić information content (AvgIpc) is 2.76. The van der Waals surface area contributed by atoms with Crippen LogP contribution in [-0.4, -0.2) is 31.1 Å². The number of carbonyl (C=O) groups is 1. The van der Waals surface area contributed by atoms with Crippen molar-refractivity contribution in [1.82, 2.24) is 4.98 Å². The molecule has 0 fully saturated rings. The van der Waals surface area contributed by atoms with E-state index in [4.69, 9.17) is 4.74 Å². The zero-order valence-electron chi connectivity index (χ0n) is 11.9. The normalized spacial score (nSPS) is 13.9. The van der Waals surface area contributed by atoms with Gasteiger partial charge in [-0.3, -0.25) is 4.79 Å². The molecule has 0 bridgehead atoms. The number of pyridine rings is 1. The Balaban J connectivity index is 2.01. The second-order valence-electron chi connectivity index (χ2n) is 4.78. The first-order valence-corrected chi connectivity index (χ1v) is 6.97. The number of hydrogen-bond acceptors (Lipinski definition) is 4. The minimum atomic E-state index is -0.0644. The number of nitrogens with zero attached hydrogens (tertiary/aromatic N) is 2. The molecular formula is C16H17N3O2. The summed E-state index contributed by atoms with van der Waals surface area (Å²) in [7, 11) is 1.76. The zero-order valence-corrected chi connectivity index (χ0v) is 11.9. The monoisotopic (exact) mass is 283 g/mol. The van der Waals surface area contributed by atoms with E-state index < -0.39 is 0 Å². The average molecular weight is 283 g/mol. The van der Waals surface area contributed by atoms with Gasteiger partial charge in [0.25, 0.3) is 5.91 Å². The van der Waals surface area contributed by atoms with Crippen molar-refractivity contribution in [2.75, 3.05) is 30.4 Å². The molecular weight excluding hydrogens is 266 g/mol. The molecule has 0 aliphatic carbocycles. The van der Waals surface area contributed by atoms with E-state index in [1.165, 1.54) is 0 Å². The number of rotatable bonds is 2. The summed E-state index contributed by atoms with van der Waals surface area (Å²) in [5, 5.41) is 2.97. The molecule has 1 aromatic heterocycles. The van der Waals surface area contributed by atoms with E-state index in [1.807, 2.05) is 24.3 Å². The van der Waals surface area contributed by atoms with Crippen molar-refractivity contribution >= 4 is 17.4 Å². The van der Waals surface area contributed by atoms with Gasteiger partial charge in [-0.25, -0.2) is 4.98 Å². The molecule has 1 amide bonds. The molecule has 0 unspecified atom stereocenters. The van der Waals surface area contributed by atoms with Gasteiger partial charge < -0.3 is 15.0 Å². The van der Waals surface area contributed by atoms with Crippen LogP contribution in [0.25, 0.3) is 0 Å². The maximum atomic E-state index is 12.9. The Morgan fingerprint density at radius 3 is 3.00 bits per heavy atom. The number of amides is 1. The van der Waals surface area contributed by atoms with Crippen LogP contribution in [0.5, 0.6) is 5.75 Å². The van der Waals surface area contributed by atoms with Gasteiger partial charge in [0.15, 0.2) is 0 Å². The van der Waals surface area contributed by atoms with Crippen LogP contribution < -0.4 is 15.0 Å². The molecule has 3 rings (SSSR count). The lowest BCUT2D eigenvalue weighted by Crippen LogP contribution is -2.32. The fourth-order valence-corrected chi connectivity index (χ4v) is 2.46. The van der Waals surface area contributed by atoms with E-state index in [2.05, 4.69) is 10.3 Å². The zero-order chi connectivity index (χ0) is 14.7. The van der Waals surface area contributed by atoms with Gasteiger partial charge >= 0.3 is 0 Å².